The molecule has 4 heteroatoms. The molecule has 0 saturated carbocycles. The van der Waals surface area contributed by atoms with Crippen LogP contribution in [0.1, 0.15) is 27.9 Å². The van der Waals surface area contributed by atoms with Crippen LogP contribution in [0.25, 0.3) is 21.7 Å². The van der Waals surface area contributed by atoms with E-state index in [-0.39, 0.29) is 11.5 Å². The number of H-pyrrole nitrogens is 1. The van der Waals surface area contributed by atoms with Gasteiger partial charge in [0.1, 0.15) is 0 Å². The Hall–Kier alpha value is -3.40. The number of aromatic amines is 1. The van der Waals surface area contributed by atoms with Gasteiger partial charge in [-0.15, -0.1) is 0 Å². The fraction of sp³-hybridized carbons (Fsp3) is 0.130. The summed E-state index contributed by atoms with van der Waals surface area (Å²) in [4.78, 5) is 28.1. The van der Waals surface area contributed by atoms with Crippen LogP contribution in [0.5, 0.6) is 0 Å². The second-order valence-corrected chi connectivity index (χ2v) is 7.01. The Labute approximate surface area is 155 Å². The molecule has 4 aromatic rings. The highest BCUT2D eigenvalue weighted by atomic mass is 16.1. The largest absolute Gasteiger partial charge is 0.322 e. The van der Waals surface area contributed by atoms with Crippen molar-refractivity contribution >= 4 is 33.3 Å². The molecule has 0 aliphatic heterocycles. The fourth-order valence-corrected chi connectivity index (χ4v) is 4.10. The zero-order chi connectivity index (χ0) is 18.4. The zero-order valence-corrected chi connectivity index (χ0v) is 14.7. The SMILES string of the molecule is O=C(Nc1ccc2c3c(c(=O)[nH]c2c1)CCC3)c1cccc2ccccc12. The molecule has 27 heavy (non-hydrogen) atoms. The molecule has 1 amide bonds. The second kappa shape index (κ2) is 6.09. The Morgan fingerprint density at radius 3 is 2.63 bits per heavy atom. The fourth-order valence-electron chi connectivity index (χ4n) is 4.10. The molecule has 1 aliphatic rings. The van der Waals surface area contributed by atoms with Crippen molar-refractivity contribution < 1.29 is 4.79 Å². The maximum atomic E-state index is 12.8. The third kappa shape index (κ3) is 2.61. The summed E-state index contributed by atoms with van der Waals surface area (Å²) in [7, 11) is 0. The van der Waals surface area contributed by atoms with Gasteiger partial charge in [-0.2, -0.15) is 0 Å². The number of fused-ring (bicyclic) bond motifs is 4. The maximum Gasteiger partial charge on any atom is 0.256 e. The average Bonchev–Trinajstić information content (AvgIpc) is 3.18. The van der Waals surface area contributed by atoms with Crippen LogP contribution in [0, 0.1) is 0 Å². The van der Waals surface area contributed by atoms with Crippen LogP contribution in [0.3, 0.4) is 0 Å². The predicted octanol–water partition coefficient (Wildman–Crippen LogP) is 4.42. The molecule has 0 unspecified atom stereocenters. The molecule has 3 aromatic carbocycles. The number of aryl methyl sites for hydroxylation is 1. The summed E-state index contributed by atoms with van der Waals surface area (Å²) in [5.41, 5.74) is 4.14. The molecule has 5 rings (SSSR count). The molecule has 0 atom stereocenters. The van der Waals surface area contributed by atoms with E-state index in [0.717, 1.165) is 52.1 Å². The highest BCUT2D eigenvalue weighted by Crippen LogP contribution is 2.28. The molecular weight excluding hydrogens is 336 g/mol. The van der Waals surface area contributed by atoms with Crippen LogP contribution in [0.2, 0.25) is 0 Å². The van der Waals surface area contributed by atoms with Crippen molar-refractivity contribution in [1.29, 1.82) is 0 Å². The Balaban J connectivity index is 1.54. The van der Waals surface area contributed by atoms with Crippen LogP contribution in [-0.4, -0.2) is 10.9 Å². The van der Waals surface area contributed by atoms with E-state index >= 15 is 0 Å². The van der Waals surface area contributed by atoms with Crippen molar-refractivity contribution in [3.8, 4) is 0 Å². The molecule has 0 saturated heterocycles. The summed E-state index contributed by atoms with van der Waals surface area (Å²) in [5.74, 6) is -0.158. The van der Waals surface area contributed by atoms with Crippen molar-refractivity contribution in [2.75, 3.05) is 5.32 Å². The number of pyridine rings is 1. The maximum absolute atomic E-state index is 12.8. The molecule has 1 aliphatic carbocycles. The van der Waals surface area contributed by atoms with E-state index in [1.165, 1.54) is 0 Å². The summed E-state index contributed by atoms with van der Waals surface area (Å²) in [5, 5.41) is 5.99. The molecule has 1 aromatic heterocycles. The minimum atomic E-state index is -0.158. The summed E-state index contributed by atoms with van der Waals surface area (Å²) in [6, 6.07) is 19.3. The smallest absolute Gasteiger partial charge is 0.256 e. The van der Waals surface area contributed by atoms with E-state index in [1.807, 2.05) is 60.7 Å². The first-order valence-electron chi connectivity index (χ1n) is 9.17. The van der Waals surface area contributed by atoms with E-state index in [9.17, 15) is 9.59 Å². The van der Waals surface area contributed by atoms with Gasteiger partial charge in [0.2, 0.25) is 0 Å². The molecule has 0 spiro atoms. The number of carbonyl (C=O) groups is 1. The summed E-state index contributed by atoms with van der Waals surface area (Å²) in [6.45, 7) is 0. The lowest BCUT2D eigenvalue weighted by Crippen LogP contribution is -2.14. The molecule has 2 N–H and O–H groups in total. The molecular formula is C23H18N2O2. The number of carbonyl (C=O) groups excluding carboxylic acids is 1. The van der Waals surface area contributed by atoms with E-state index in [0.29, 0.717) is 11.3 Å². The highest BCUT2D eigenvalue weighted by molar-refractivity contribution is 6.13. The quantitative estimate of drug-likeness (QED) is 0.560. The lowest BCUT2D eigenvalue weighted by atomic mass is 10.0. The van der Waals surface area contributed by atoms with E-state index in [4.69, 9.17) is 0 Å². The minimum Gasteiger partial charge on any atom is -0.322 e. The van der Waals surface area contributed by atoms with Crippen molar-refractivity contribution in [1.82, 2.24) is 4.98 Å². The third-order valence-electron chi connectivity index (χ3n) is 5.38. The van der Waals surface area contributed by atoms with Gasteiger partial charge in [-0.1, -0.05) is 42.5 Å². The molecule has 0 fully saturated rings. The first-order valence-corrected chi connectivity index (χ1v) is 9.17. The molecule has 0 bridgehead atoms. The number of rotatable bonds is 2. The van der Waals surface area contributed by atoms with Crippen molar-refractivity contribution in [2.24, 2.45) is 0 Å². The highest BCUT2D eigenvalue weighted by Gasteiger charge is 2.18. The van der Waals surface area contributed by atoms with Crippen LogP contribution in [0.15, 0.2) is 65.5 Å². The lowest BCUT2D eigenvalue weighted by Gasteiger charge is -2.10. The first-order chi connectivity index (χ1) is 13.2. The van der Waals surface area contributed by atoms with Crippen molar-refractivity contribution in [3.05, 3.63) is 87.7 Å². The van der Waals surface area contributed by atoms with Gasteiger partial charge in [0, 0.05) is 22.2 Å². The molecule has 0 radical (unpaired) electrons. The molecule has 1 heterocycles. The zero-order valence-electron chi connectivity index (χ0n) is 14.7. The number of nitrogens with one attached hydrogen (secondary N) is 2. The second-order valence-electron chi connectivity index (χ2n) is 7.01. The Morgan fingerprint density at radius 2 is 1.70 bits per heavy atom. The normalized spacial score (nSPS) is 13.0. The van der Waals surface area contributed by atoms with E-state index in [2.05, 4.69) is 10.3 Å². The van der Waals surface area contributed by atoms with Gasteiger partial charge >= 0.3 is 0 Å². The van der Waals surface area contributed by atoms with E-state index in [1.54, 1.807) is 0 Å². The Morgan fingerprint density at radius 1 is 0.889 bits per heavy atom. The standard InChI is InChI=1S/C23H18N2O2/c26-22(19-9-3-6-14-5-1-2-7-16(14)19)24-15-11-12-18-17-8-4-10-20(17)23(27)25-21(18)13-15/h1-3,5-7,9,11-13H,4,8,10H2,(H,24,26)(H,25,27). The van der Waals surface area contributed by atoms with Gasteiger partial charge in [-0.25, -0.2) is 0 Å². The van der Waals surface area contributed by atoms with Crippen LogP contribution in [-0.2, 0) is 12.8 Å². The number of amides is 1. The molecule has 4 nitrogen and oxygen atoms in total. The number of aromatic nitrogens is 1. The van der Waals surface area contributed by atoms with Gasteiger partial charge in [-0.3, -0.25) is 9.59 Å². The summed E-state index contributed by atoms with van der Waals surface area (Å²) in [6.07, 6.45) is 2.81. The Kier molecular flexibility index (Phi) is 3.57. The van der Waals surface area contributed by atoms with Gasteiger partial charge in [0.05, 0.1) is 5.52 Å². The van der Waals surface area contributed by atoms with Crippen molar-refractivity contribution in [3.63, 3.8) is 0 Å². The average molecular weight is 354 g/mol. The van der Waals surface area contributed by atoms with Crippen LogP contribution < -0.4 is 10.9 Å². The topological polar surface area (TPSA) is 62.0 Å². The van der Waals surface area contributed by atoms with Gasteiger partial charge < -0.3 is 10.3 Å². The third-order valence-corrected chi connectivity index (χ3v) is 5.38. The van der Waals surface area contributed by atoms with Crippen molar-refractivity contribution in [2.45, 2.75) is 19.3 Å². The van der Waals surface area contributed by atoms with Gasteiger partial charge in [0.25, 0.3) is 11.5 Å². The lowest BCUT2D eigenvalue weighted by molar-refractivity contribution is 0.102. The predicted molar refractivity (Wildman–Crippen MR) is 108 cm³/mol. The molecule has 132 valence electrons. The summed E-state index contributed by atoms with van der Waals surface area (Å²) >= 11 is 0. The number of hydrogen-bond acceptors (Lipinski definition) is 2. The first kappa shape index (κ1) is 15.8. The van der Waals surface area contributed by atoms with Crippen LogP contribution in [0.4, 0.5) is 5.69 Å². The van der Waals surface area contributed by atoms with E-state index < -0.39 is 0 Å². The number of hydrogen-bond donors (Lipinski definition) is 2. The summed E-state index contributed by atoms with van der Waals surface area (Å²) < 4.78 is 0. The van der Waals surface area contributed by atoms with Gasteiger partial charge in [-0.05, 0) is 53.8 Å². The number of anilines is 1. The number of benzene rings is 3. The minimum absolute atomic E-state index is 0.00692. The van der Waals surface area contributed by atoms with Gasteiger partial charge in [0.15, 0.2) is 0 Å². The monoisotopic (exact) mass is 354 g/mol. The van der Waals surface area contributed by atoms with Crippen LogP contribution >= 0.6 is 0 Å². The Bertz CT molecular complexity index is 1270.